The number of carbonyl (C=O) groups excluding carboxylic acids is 1. The summed E-state index contributed by atoms with van der Waals surface area (Å²) in [6, 6.07) is 0.695. The average molecular weight is 252 g/mol. The molecule has 0 bridgehead atoms. The molecule has 0 aromatic carbocycles. The van der Waals surface area contributed by atoms with E-state index in [0.29, 0.717) is 17.7 Å². The predicted octanol–water partition coefficient (Wildman–Crippen LogP) is 2.23. The van der Waals surface area contributed by atoms with Gasteiger partial charge < -0.3 is 4.90 Å². The molecule has 0 amide bonds. The van der Waals surface area contributed by atoms with Gasteiger partial charge in [-0.1, -0.05) is 26.2 Å². The summed E-state index contributed by atoms with van der Waals surface area (Å²) in [4.78, 5) is 14.0. The zero-order valence-corrected chi connectivity index (χ0v) is 12.2. The van der Waals surface area contributed by atoms with Crippen molar-refractivity contribution in [1.82, 2.24) is 0 Å². The molecule has 0 aromatic heterocycles. The second-order valence-electron chi connectivity index (χ2n) is 6.59. The van der Waals surface area contributed by atoms with Crippen molar-refractivity contribution in [3.8, 4) is 0 Å². The number of likely N-dealkylation sites (tertiary alicyclic amines) is 1. The number of nitrogens with one attached hydrogen (secondary N) is 1. The molecule has 0 radical (unpaired) electrons. The highest BCUT2D eigenvalue weighted by molar-refractivity contribution is 5.81. The van der Waals surface area contributed by atoms with E-state index in [-0.39, 0.29) is 0 Å². The molecule has 18 heavy (non-hydrogen) atoms. The maximum Gasteiger partial charge on any atom is 0.189 e. The summed E-state index contributed by atoms with van der Waals surface area (Å²) in [6.07, 6.45) is 10.2. The van der Waals surface area contributed by atoms with Gasteiger partial charge in [0.05, 0.1) is 12.6 Å². The van der Waals surface area contributed by atoms with Gasteiger partial charge in [-0.05, 0) is 39.0 Å². The molecule has 1 saturated heterocycles. The van der Waals surface area contributed by atoms with E-state index in [4.69, 9.17) is 0 Å². The van der Waals surface area contributed by atoms with Gasteiger partial charge in [0.15, 0.2) is 5.78 Å². The number of ketones is 1. The molecule has 2 heteroatoms. The van der Waals surface area contributed by atoms with Crippen molar-refractivity contribution < 1.29 is 9.69 Å². The second kappa shape index (κ2) is 6.70. The van der Waals surface area contributed by atoms with Gasteiger partial charge in [-0.2, -0.15) is 0 Å². The van der Waals surface area contributed by atoms with Crippen molar-refractivity contribution in [2.24, 2.45) is 11.8 Å². The monoisotopic (exact) mass is 252 g/mol. The van der Waals surface area contributed by atoms with Crippen LogP contribution in [0.25, 0.3) is 0 Å². The first-order chi connectivity index (χ1) is 8.70. The van der Waals surface area contributed by atoms with Crippen LogP contribution in [0, 0.1) is 11.8 Å². The molecule has 2 rings (SSSR count). The summed E-state index contributed by atoms with van der Waals surface area (Å²) in [5, 5.41) is 0. The third-order valence-electron chi connectivity index (χ3n) is 5.29. The molecule has 0 aromatic rings. The lowest BCUT2D eigenvalue weighted by atomic mass is 9.85. The van der Waals surface area contributed by atoms with Crippen LogP contribution in [0.2, 0.25) is 0 Å². The average Bonchev–Trinajstić information content (AvgIpc) is 2.42. The fraction of sp³-hybridized carbons (Fsp3) is 0.938. The number of carbonyl (C=O) groups is 1. The lowest BCUT2D eigenvalue weighted by Crippen LogP contribution is -3.17. The Labute approximate surface area is 112 Å². The van der Waals surface area contributed by atoms with E-state index in [1.807, 2.05) is 0 Å². The molecule has 104 valence electrons. The Morgan fingerprint density at radius 1 is 1.11 bits per heavy atom. The summed E-state index contributed by atoms with van der Waals surface area (Å²) >= 11 is 0. The maximum absolute atomic E-state index is 12.4. The Morgan fingerprint density at radius 2 is 1.83 bits per heavy atom. The van der Waals surface area contributed by atoms with Crippen LogP contribution in [0.3, 0.4) is 0 Å². The molecule has 2 fully saturated rings. The molecule has 2 nitrogen and oxygen atoms in total. The molecule has 2 aliphatic rings. The van der Waals surface area contributed by atoms with Gasteiger partial charge in [-0.3, -0.25) is 4.79 Å². The van der Waals surface area contributed by atoms with Crippen LogP contribution >= 0.6 is 0 Å². The van der Waals surface area contributed by atoms with Gasteiger partial charge in [0.25, 0.3) is 0 Å². The van der Waals surface area contributed by atoms with E-state index in [1.165, 1.54) is 45.1 Å². The molecule has 1 saturated carbocycles. The summed E-state index contributed by atoms with van der Waals surface area (Å²) in [5.41, 5.74) is 0. The Kier molecular flexibility index (Phi) is 5.23. The first-order valence-electron chi connectivity index (χ1n) is 8.08. The third-order valence-corrected chi connectivity index (χ3v) is 5.29. The summed E-state index contributed by atoms with van der Waals surface area (Å²) in [6.45, 7) is 6.66. The van der Waals surface area contributed by atoms with Crippen molar-refractivity contribution in [2.45, 2.75) is 71.3 Å². The summed E-state index contributed by atoms with van der Waals surface area (Å²) in [5.74, 6) is 1.82. The Hall–Kier alpha value is -0.370. The second-order valence-corrected chi connectivity index (χ2v) is 6.59. The van der Waals surface area contributed by atoms with Crippen LogP contribution in [-0.4, -0.2) is 24.9 Å². The third kappa shape index (κ3) is 3.57. The van der Waals surface area contributed by atoms with Gasteiger partial charge in [0.2, 0.25) is 0 Å². The highest BCUT2D eigenvalue weighted by atomic mass is 16.1. The number of rotatable bonds is 4. The first kappa shape index (κ1) is 14.0. The van der Waals surface area contributed by atoms with E-state index in [2.05, 4.69) is 13.8 Å². The van der Waals surface area contributed by atoms with Crippen LogP contribution in [0.4, 0.5) is 0 Å². The zero-order chi connectivity index (χ0) is 13.0. The molecule has 1 aliphatic carbocycles. The Bertz CT molecular complexity index is 270. The van der Waals surface area contributed by atoms with Crippen LogP contribution in [0.1, 0.15) is 65.2 Å². The molecule has 1 N–H and O–H groups in total. The predicted molar refractivity (Wildman–Crippen MR) is 74.8 cm³/mol. The van der Waals surface area contributed by atoms with Gasteiger partial charge in [-0.15, -0.1) is 0 Å². The van der Waals surface area contributed by atoms with Crippen molar-refractivity contribution in [3.63, 3.8) is 0 Å². The van der Waals surface area contributed by atoms with Crippen molar-refractivity contribution in [1.29, 1.82) is 0 Å². The van der Waals surface area contributed by atoms with E-state index >= 15 is 0 Å². The zero-order valence-electron chi connectivity index (χ0n) is 12.2. The van der Waals surface area contributed by atoms with Crippen molar-refractivity contribution in [3.05, 3.63) is 0 Å². The smallest absolute Gasteiger partial charge is 0.189 e. The first-order valence-corrected chi connectivity index (χ1v) is 8.08. The Balaban J connectivity index is 1.84. The highest BCUT2D eigenvalue weighted by Crippen LogP contribution is 2.24. The lowest BCUT2D eigenvalue weighted by Gasteiger charge is -2.35. The molecule has 1 aliphatic heterocycles. The minimum atomic E-state index is 0.403. The fourth-order valence-corrected chi connectivity index (χ4v) is 3.75. The van der Waals surface area contributed by atoms with Crippen LogP contribution in [0.15, 0.2) is 0 Å². The van der Waals surface area contributed by atoms with E-state index in [1.54, 1.807) is 4.90 Å². The lowest BCUT2D eigenvalue weighted by molar-refractivity contribution is -0.924. The maximum atomic E-state index is 12.4. The number of quaternary nitrogens is 1. The molecular weight excluding hydrogens is 222 g/mol. The molecule has 0 spiro atoms. The molecule has 1 heterocycles. The largest absolute Gasteiger partial charge is 0.326 e. The van der Waals surface area contributed by atoms with Crippen molar-refractivity contribution >= 4 is 5.78 Å². The minimum Gasteiger partial charge on any atom is -0.326 e. The minimum absolute atomic E-state index is 0.403. The number of hydrogen-bond donors (Lipinski definition) is 1. The fourth-order valence-electron chi connectivity index (χ4n) is 3.75. The van der Waals surface area contributed by atoms with E-state index < -0.39 is 0 Å². The standard InChI is InChI=1S/C16H29NO/c1-3-14-10-9-13(2)17(11-14)12-16(18)15-7-5-4-6-8-15/h13-15H,3-12H2,1-2H3/p+1. The van der Waals surface area contributed by atoms with Crippen LogP contribution < -0.4 is 4.90 Å². The van der Waals surface area contributed by atoms with Gasteiger partial charge >= 0.3 is 0 Å². The van der Waals surface area contributed by atoms with Gasteiger partial charge in [0.1, 0.15) is 6.54 Å². The SMILES string of the molecule is CCC1CCC(C)[NH+](CC(=O)C2CCCCC2)C1. The van der Waals surface area contributed by atoms with Gasteiger partial charge in [0, 0.05) is 11.8 Å². The number of piperidine rings is 1. The number of Topliss-reactive ketones (excluding diaryl/α,β-unsaturated/α-hetero) is 1. The van der Waals surface area contributed by atoms with Crippen LogP contribution in [-0.2, 0) is 4.79 Å². The Morgan fingerprint density at radius 3 is 2.50 bits per heavy atom. The van der Waals surface area contributed by atoms with Gasteiger partial charge in [-0.25, -0.2) is 0 Å². The van der Waals surface area contributed by atoms with Crippen LogP contribution in [0.5, 0.6) is 0 Å². The highest BCUT2D eigenvalue weighted by Gasteiger charge is 2.31. The quantitative estimate of drug-likeness (QED) is 0.814. The topological polar surface area (TPSA) is 21.5 Å². The summed E-state index contributed by atoms with van der Waals surface area (Å²) < 4.78 is 0. The van der Waals surface area contributed by atoms with E-state index in [9.17, 15) is 4.79 Å². The van der Waals surface area contributed by atoms with Crippen molar-refractivity contribution in [2.75, 3.05) is 13.1 Å². The summed E-state index contributed by atoms with van der Waals surface area (Å²) in [7, 11) is 0. The molecule has 3 atom stereocenters. The normalized spacial score (nSPS) is 34.4. The molecule has 3 unspecified atom stereocenters. The van der Waals surface area contributed by atoms with E-state index in [0.717, 1.165) is 25.3 Å². The number of hydrogen-bond acceptors (Lipinski definition) is 1. The molecular formula is C16H30NO+.